The zero-order valence-electron chi connectivity index (χ0n) is 10.6. The standard InChI is InChI=1S/C11H22N2O3/c1-11(2,3)16-10(14)12-13-7-5-6-9(13)8-15-4/h9H,5-8H2,1-4H3,(H,12,14). The van der Waals surface area contributed by atoms with Crippen molar-refractivity contribution in [1.29, 1.82) is 0 Å². The molecule has 0 radical (unpaired) electrons. The molecule has 1 amide bonds. The molecule has 0 aliphatic carbocycles. The lowest BCUT2D eigenvalue weighted by molar-refractivity contribution is 0.0225. The molecule has 16 heavy (non-hydrogen) atoms. The van der Waals surface area contributed by atoms with E-state index in [0.29, 0.717) is 6.61 Å². The molecule has 1 aliphatic rings. The van der Waals surface area contributed by atoms with E-state index >= 15 is 0 Å². The average Bonchev–Trinajstić information content (AvgIpc) is 2.50. The van der Waals surface area contributed by atoms with E-state index in [4.69, 9.17) is 9.47 Å². The minimum Gasteiger partial charge on any atom is -0.443 e. The highest BCUT2D eigenvalue weighted by molar-refractivity contribution is 5.67. The Morgan fingerprint density at radius 1 is 1.50 bits per heavy atom. The van der Waals surface area contributed by atoms with Crippen LogP contribution in [-0.2, 0) is 9.47 Å². The van der Waals surface area contributed by atoms with E-state index in [1.165, 1.54) is 0 Å². The third kappa shape index (κ3) is 4.37. The van der Waals surface area contributed by atoms with Gasteiger partial charge in [0.25, 0.3) is 0 Å². The molecule has 1 rings (SSSR count). The number of nitrogens with one attached hydrogen (secondary N) is 1. The van der Waals surface area contributed by atoms with Crippen molar-refractivity contribution in [2.24, 2.45) is 0 Å². The van der Waals surface area contributed by atoms with Crippen molar-refractivity contribution >= 4 is 6.09 Å². The molecular weight excluding hydrogens is 208 g/mol. The van der Waals surface area contributed by atoms with Gasteiger partial charge in [-0.1, -0.05) is 0 Å². The summed E-state index contributed by atoms with van der Waals surface area (Å²) in [5.74, 6) is 0. The zero-order valence-corrected chi connectivity index (χ0v) is 10.6. The highest BCUT2D eigenvalue weighted by Gasteiger charge is 2.27. The van der Waals surface area contributed by atoms with E-state index in [1.54, 1.807) is 7.11 Å². The molecule has 1 saturated heterocycles. The number of rotatable bonds is 3. The lowest BCUT2D eigenvalue weighted by atomic mass is 10.2. The van der Waals surface area contributed by atoms with Crippen molar-refractivity contribution in [1.82, 2.24) is 10.4 Å². The van der Waals surface area contributed by atoms with Crippen LogP contribution in [0.2, 0.25) is 0 Å². The number of carbonyl (C=O) groups is 1. The van der Waals surface area contributed by atoms with Gasteiger partial charge in [0.2, 0.25) is 0 Å². The Balaban J connectivity index is 2.38. The molecule has 94 valence electrons. The quantitative estimate of drug-likeness (QED) is 0.799. The number of hydrazine groups is 1. The summed E-state index contributed by atoms with van der Waals surface area (Å²) in [7, 11) is 1.67. The normalized spacial score (nSPS) is 22.1. The summed E-state index contributed by atoms with van der Waals surface area (Å²) >= 11 is 0. The number of methoxy groups -OCH3 is 1. The van der Waals surface area contributed by atoms with Crippen LogP contribution in [0.15, 0.2) is 0 Å². The average molecular weight is 230 g/mol. The van der Waals surface area contributed by atoms with Gasteiger partial charge in [-0.2, -0.15) is 0 Å². The maximum atomic E-state index is 11.5. The SMILES string of the molecule is COCC1CCCN1NC(=O)OC(C)(C)C. The van der Waals surface area contributed by atoms with E-state index in [9.17, 15) is 4.79 Å². The highest BCUT2D eigenvalue weighted by atomic mass is 16.6. The Morgan fingerprint density at radius 3 is 2.75 bits per heavy atom. The van der Waals surface area contributed by atoms with Gasteiger partial charge in [0, 0.05) is 13.7 Å². The zero-order chi connectivity index (χ0) is 12.2. The molecule has 0 aromatic rings. The van der Waals surface area contributed by atoms with Crippen molar-refractivity contribution in [2.45, 2.75) is 45.3 Å². The molecular formula is C11H22N2O3. The Kier molecular flexibility index (Phi) is 4.56. The number of ether oxygens (including phenoxy) is 2. The van der Waals surface area contributed by atoms with Crippen LogP contribution < -0.4 is 5.43 Å². The van der Waals surface area contributed by atoms with Crippen LogP contribution >= 0.6 is 0 Å². The molecule has 0 aromatic carbocycles. The Labute approximate surface area is 97.1 Å². The molecule has 0 saturated carbocycles. The van der Waals surface area contributed by atoms with Gasteiger partial charge in [0.15, 0.2) is 0 Å². The van der Waals surface area contributed by atoms with Gasteiger partial charge in [0.1, 0.15) is 5.60 Å². The first-order valence-electron chi connectivity index (χ1n) is 5.67. The number of hydrogen-bond donors (Lipinski definition) is 1. The fraction of sp³-hybridized carbons (Fsp3) is 0.909. The second-order valence-electron chi connectivity index (χ2n) is 5.06. The van der Waals surface area contributed by atoms with Gasteiger partial charge >= 0.3 is 6.09 Å². The van der Waals surface area contributed by atoms with Gasteiger partial charge in [-0.3, -0.25) is 5.43 Å². The highest BCUT2D eigenvalue weighted by Crippen LogP contribution is 2.15. The Hall–Kier alpha value is -0.810. The fourth-order valence-corrected chi connectivity index (χ4v) is 1.77. The van der Waals surface area contributed by atoms with E-state index in [0.717, 1.165) is 19.4 Å². The number of carbonyl (C=O) groups excluding carboxylic acids is 1. The van der Waals surface area contributed by atoms with E-state index < -0.39 is 11.7 Å². The molecule has 0 spiro atoms. The maximum Gasteiger partial charge on any atom is 0.422 e. The molecule has 0 aromatic heterocycles. The summed E-state index contributed by atoms with van der Waals surface area (Å²) in [6, 6.07) is 0.262. The van der Waals surface area contributed by atoms with E-state index in [1.807, 2.05) is 25.8 Å². The molecule has 1 aliphatic heterocycles. The van der Waals surface area contributed by atoms with Crippen molar-refractivity contribution in [3.05, 3.63) is 0 Å². The van der Waals surface area contributed by atoms with Crippen LogP contribution in [0, 0.1) is 0 Å². The van der Waals surface area contributed by atoms with Crippen molar-refractivity contribution in [3.63, 3.8) is 0 Å². The first kappa shape index (κ1) is 13.3. The Morgan fingerprint density at radius 2 is 2.19 bits per heavy atom. The largest absolute Gasteiger partial charge is 0.443 e. The van der Waals surface area contributed by atoms with Crippen LogP contribution in [0.3, 0.4) is 0 Å². The summed E-state index contributed by atoms with van der Waals surface area (Å²) in [6.45, 7) is 7.04. The van der Waals surface area contributed by atoms with E-state index in [2.05, 4.69) is 5.43 Å². The van der Waals surface area contributed by atoms with Crippen molar-refractivity contribution in [3.8, 4) is 0 Å². The fourth-order valence-electron chi connectivity index (χ4n) is 1.77. The number of hydrogen-bond acceptors (Lipinski definition) is 4. The molecule has 5 nitrogen and oxygen atoms in total. The van der Waals surface area contributed by atoms with Gasteiger partial charge in [-0.15, -0.1) is 0 Å². The third-order valence-electron chi connectivity index (χ3n) is 2.37. The third-order valence-corrected chi connectivity index (χ3v) is 2.37. The number of nitrogens with zero attached hydrogens (tertiary/aromatic N) is 1. The molecule has 0 bridgehead atoms. The first-order valence-corrected chi connectivity index (χ1v) is 5.67. The first-order chi connectivity index (χ1) is 7.42. The van der Waals surface area contributed by atoms with Crippen LogP contribution in [0.5, 0.6) is 0 Å². The van der Waals surface area contributed by atoms with Crippen LogP contribution in [0.1, 0.15) is 33.6 Å². The van der Waals surface area contributed by atoms with Crippen LogP contribution in [0.25, 0.3) is 0 Å². The molecule has 1 unspecified atom stereocenters. The summed E-state index contributed by atoms with van der Waals surface area (Å²) in [6.07, 6.45) is 1.73. The summed E-state index contributed by atoms with van der Waals surface area (Å²) in [4.78, 5) is 11.5. The van der Waals surface area contributed by atoms with Crippen LogP contribution in [0.4, 0.5) is 4.79 Å². The van der Waals surface area contributed by atoms with Crippen molar-refractivity contribution < 1.29 is 14.3 Å². The lowest BCUT2D eigenvalue weighted by Gasteiger charge is -2.26. The van der Waals surface area contributed by atoms with Crippen LogP contribution in [-0.4, -0.2) is 43.0 Å². The topological polar surface area (TPSA) is 50.8 Å². The predicted molar refractivity (Wildman–Crippen MR) is 61.0 cm³/mol. The molecule has 1 atom stereocenters. The van der Waals surface area contributed by atoms with Gasteiger partial charge in [-0.25, -0.2) is 9.80 Å². The number of amides is 1. The second kappa shape index (κ2) is 5.50. The smallest absolute Gasteiger partial charge is 0.422 e. The molecule has 1 heterocycles. The van der Waals surface area contributed by atoms with Gasteiger partial charge in [0.05, 0.1) is 12.6 Å². The van der Waals surface area contributed by atoms with Gasteiger partial charge < -0.3 is 9.47 Å². The van der Waals surface area contributed by atoms with Crippen molar-refractivity contribution in [2.75, 3.05) is 20.3 Å². The maximum absolute atomic E-state index is 11.5. The second-order valence-corrected chi connectivity index (χ2v) is 5.06. The molecule has 1 fully saturated rings. The minimum absolute atomic E-state index is 0.262. The monoisotopic (exact) mass is 230 g/mol. The molecule has 5 heteroatoms. The summed E-state index contributed by atoms with van der Waals surface area (Å²) in [5.41, 5.74) is 2.30. The Bertz CT molecular complexity index is 238. The lowest BCUT2D eigenvalue weighted by Crippen LogP contribution is -2.48. The van der Waals surface area contributed by atoms with E-state index in [-0.39, 0.29) is 6.04 Å². The molecule has 1 N–H and O–H groups in total. The summed E-state index contributed by atoms with van der Waals surface area (Å²) in [5, 5.41) is 1.90. The minimum atomic E-state index is -0.458. The summed E-state index contributed by atoms with van der Waals surface area (Å²) < 4.78 is 10.3. The predicted octanol–water partition coefficient (Wildman–Crippen LogP) is 1.54. The van der Waals surface area contributed by atoms with Gasteiger partial charge in [-0.05, 0) is 33.6 Å².